The van der Waals surface area contributed by atoms with Gasteiger partial charge in [0.1, 0.15) is 0 Å². The van der Waals surface area contributed by atoms with Crippen molar-refractivity contribution < 1.29 is 0 Å². The molecule has 1 unspecified atom stereocenters. The second-order valence-corrected chi connectivity index (χ2v) is 5.00. The molecule has 0 saturated carbocycles. The van der Waals surface area contributed by atoms with E-state index in [4.69, 9.17) is 0 Å². The van der Waals surface area contributed by atoms with Crippen molar-refractivity contribution in [2.45, 2.75) is 25.9 Å². The normalized spacial score (nSPS) is 22.8. The van der Waals surface area contributed by atoms with Gasteiger partial charge in [-0.15, -0.1) is 0 Å². The Hall–Kier alpha value is -0.262. The molecule has 0 N–H and O–H groups in total. The van der Waals surface area contributed by atoms with Gasteiger partial charge in [-0.1, -0.05) is 0 Å². The number of nitrogens with zero attached hydrogens (tertiary/aromatic N) is 1. The zero-order valence-electron chi connectivity index (χ0n) is 8.12. The molecule has 1 aromatic rings. The third-order valence-corrected chi connectivity index (χ3v) is 3.46. The van der Waals surface area contributed by atoms with Crippen LogP contribution in [0.1, 0.15) is 18.1 Å². The summed E-state index contributed by atoms with van der Waals surface area (Å²) >= 11 is 2.61. The van der Waals surface area contributed by atoms with E-state index in [0.29, 0.717) is 6.04 Å². The van der Waals surface area contributed by atoms with Gasteiger partial charge in [-0.05, 0) is 0 Å². The van der Waals surface area contributed by atoms with Crippen LogP contribution in [-0.4, -0.2) is 34.8 Å². The molecular weight excluding hydrogens is 221 g/mol. The molecular formula is C11H14AsN. The summed E-state index contributed by atoms with van der Waals surface area (Å²) < 4.78 is 1.31. The van der Waals surface area contributed by atoms with E-state index in [1.54, 1.807) is 0 Å². The Morgan fingerprint density at radius 3 is 2.92 bits per heavy atom. The van der Waals surface area contributed by atoms with Gasteiger partial charge >= 0.3 is 88.4 Å². The van der Waals surface area contributed by atoms with Gasteiger partial charge in [0.05, 0.1) is 0 Å². The van der Waals surface area contributed by atoms with Crippen molar-refractivity contribution in [3.63, 3.8) is 0 Å². The van der Waals surface area contributed by atoms with Crippen LogP contribution in [0.3, 0.4) is 0 Å². The van der Waals surface area contributed by atoms with E-state index in [1.165, 1.54) is 21.9 Å². The van der Waals surface area contributed by atoms with Gasteiger partial charge in [-0.2, -0.15) is 0 Å². The van der Waals surface area contributed by atoms with Crippen LogP contribution in [0.2, 0.25) is 0 Å². The topological polar surface area (TPSA) is 3.24 Å². The molecule has 0 bridgehead atoms. The Morgan fingerprint density at radius 1 is 1.38 bits per heavy atom. The first-order chi connectivity index (χ1) is 6.16. The van der Waals surface area contributed by atoms with E-state index < -0.39 is 0 Å². The number of rotatable bonds is 0. The summed E-state index contributed by atoms with van der Waals surface area (Å²) in [5, 5.41) is 0. The summed E-state index contributed by atoms with van der Waals surface area (Å²) in [6.45, 7) is 3.39. The van der Waals surface area contributed by atoms with Crippen molar-refractivity contribution in [1.29, 1.82) is 0 Å². The molecule has 1 atom stereocenters. The van der Waals surface area contributed by atoms with Crippen molar-refractivity contribution >= 4 is 21.2 Å². The third kappa shape index (κ3) is 1.82. The van der Waals surface area contributed by atoms with Crippen molar-refractivity contribution in [2.75, 3.05) is 7.05 Å². The fraction of sp³-hybridized carbons (Fsp3) is 0.455. The van der Waals surface area contributed by atoms with Gasteiger partial charge < -0.3 is 0 Å². The van der Waals surface area contributed by atoms with Crippen LogP contribution in [0, 0.1) is 0 Å². The molecule has 1 aromatic carbocycles. The number of benzene rings is 1. The molecule has 2 heteroatoms. The monoisotopic (exact) mass is 235 g/mol. The minimum atomic E-state index is 0.685. The molecule has 1 aliphatic rings. The standard InChI is InChI=1S/C11H14AsN/c1-8-5-9-3-4-11(12)6-10(9)7-13(8)2/h3-4,6,8H,5,7H2,1-2H3. The molecule has 2 radical (unpaired) electrons. The summed E-state index contributed by atoms with van der Waals surface area (Å²) in [4.78, 5) is 2.41. The Balaban J connectivity index is 2.37. The van der Waals surface area contributed by atoms with Crippen LogP contribution >= 0.6 is 0 Å². The van der Waals surface area contributed by atoms with Crippen LogP contribution < -0.4 is 4.35 Å². The van der Waals surface area contributed by atoms with Crippen LogP contribution in [0.4, 0.5) is 0 Å². The van der Waals surface area contributed by atoms with Gasteiger partial charge in [0, 0.05) is 0 Å². The zero-order chi connectivity index (χ0) is 9.42. The van der Waals surface area contributed by atoms with Crippen LogP contribution in [0.15, 0.2) is 18.2 Å². The Morgan fingerprint density at radius 2 is 2.15 bits per heavy atom. The van der Waals surface area contributed by atoms with Crippen molar-refractivity contribution in [2.24, 2.45) is 0 Å². The molecule has 1 nitrogen and oxygen atoms in total. The maximum absolute atomic E-state index is 2.61. The first-order valence-corrected chi connectivity index (χ1v) is 5.61. The molecule has 0 aromatic heterocycles. The molecule has 0 saturated heterocycles. The zero-order valence-corrected chi connectivity index (χ0v) is 9.99. The van der Waals surface area contributed by atoms with Crippen molar-refractivity contribution in [1.82, 2.24) is 4.90 Å². The molecule has 1 aliphatic heterocycles. The second kappa shape index (κ2) is 3.47. The summed E-state index contributed by atoms with van der Waals surface area (Å²) in [6, 6.07) is 7.44. The van der Waals surface area contributed by atoms with Crippen LogP contribution in [0.5, 0.6) is 0 Å². The molecule has 0 fully saturated rings. The summed E-state index contributed by atoms with van der Waals surface area (Å²) in [6.07, 6.45) is 1.19. The van der Waals surface area contributed by atoms with Gasteiger partial charge in [0.25, 0.3) is 0 Å². The Bertz CT molecular complexity index is 322. The fourth-order valence-electron chi connectivity index (χ4n) is 1.86. The number of likely N-dealkylation sites (N-methyl/N-ethyl adjacent to an activating group) is 1. The van der Waals surface area contributed by atoms with Crippen LogP contribution in [0.25, 0.3) is 0 Å². The number of hydrogen-bond acceptors (Lipinski definition) is 1. The van der Waals surface area contributed by atoms with Gasteiger partial charge in [-0.25, -0.2) is 0 Å². The summed E-state index contributed by atoms with van der Waals surface area (Å²) in [5.41, 5.74) is 3.03. The van der Waals surface area contributed by atoms with Gasteiger partial charge in [0.2, 0.25) is 0 Å². The van der Waals surface area contributed by atoms with Gasteiger partial charge in [-0.3, -0.25) is 0 Å². The quantitative estimate of drug-likeness (QED) is 0.603. The first kappa shape index (κ1) is 9.30. The molecule has 0 spiro atoms. The van der Waals surface area contributed by atoms with Crippen LogP contribution in [-0.2, 0) is 13.0 Å². The van der Waals surface area contributed by atoms with Crippen molar-refractivity contribution in [3.05, 3.63) is 29.3 Å². The fourth-order valence-corrected chi connectivity index (χ4v) is 2.34. The first-order valence-electron chi connectivity index (χ1n) is 4.68. The van der Waals surface area contributed by atoms with Crippen molar-refractivity contribution in [3.8, 4) is 0 Å². The van der Waals surface area contributed by atoms with Gasteiger partial charge in [0.15, 0.2) is 0 Å². The molecule has 0 aliphatic carbocycles. The SMILES string of the molecule is CC1Cc2ccc([As])cc2CN1C. The molecule has 0 amide bonds. The van der Waals surface area contributed by atoms with E-state index in [2.05, 4.69) is 53.9 Å². The van der Waals surface area contributed by atoms with E-state index in [0.717, 1.165) is 6.54 Å². The average Bonchev–Trinajstić information content (AvgIpc) is 2.08. The maximum atomic E-state index is 2.61. The average molecular weight is 235 g/mol. The van der Waals surface area contributed by atoms with E-state index >= 15 is 0 Å². The predicted octanol–water partition coefficient (Wildman–Crippen LogP) is 0.857. The van der Waals surface area contributed by atoms with E-state index in [-0.39, 0.29) is 0 Å². The second-order valence-electron chi connectivity index (χ2n) is 3.92. The minimum absolute atomic E-state index is 0.685. The number of hydrogen-bond donors (Lipinski definition) is 0. The summed E-state index contributed by atoms with van der Waals surface area (Å²) in [5.74, 6) is 0. The summed E-state index contributed by atoms with van der Waals surface area (Å²) in [7, 11) is 2.20. The molecule has 1 heterocycles. The Labute approximate surface area is 88.6 Å². The molecule has 13 heavy (non-hydrogen) atoms. The Kier molecular flexibility index (Phi) is 2.49. The predicted molar refractivity (Wildman–Crippen MR) is 56.5 cm³/mol. The van der Waals surface area contributed by atoms with E-state index in [1.807, 2.05) is 0 Å². The third-order valence-electron chi connectivity index (χ3n) is 2.88. The molecule has 68 valence electrons. The van der Waals surface area contributed by atoms with E-state index in [9.17, 15) is 0 Å². The number of fused-ring (bicyclic) bond motifs is 1. The molecule has 2 rings (SSSR count).